The predicted octanol–water partition coefficient (Wildman–Crippen LogP) is 4.01. The highest BCUT2D eigenvalue weighted by molar-refractivity contribution is 7.99. The minimum Gasteiger partial charge on any atom is -0.303 e. The molecular weight excluding hydrogens is 269 g/mol. The van der Waals surface area contributed by atoms with Crippen molar-refractivity contribution in [3.8, 4) is 0 Å². The van der Waals surface area contributed by atoms with Gasteiger partial charge < -0.3 is 5.32 Å². The third-order valence-electron chi connectivity index (χ3n) is 3.67. The zero-order valence-electron chi connectivity index (χ0n) is 11.3. The average molecular weight is 287 g/mol. The van der Waals surface area contributed by atoms with Crippen molar-refractivity contribution in [1.82, 2.24) is 5.32 Å². The van der Waals surface area contributed by atoms with Crippen molar-refractivity contribution in [2.75, 3.05) is 11.5 Å². The lowest BCUT2D eigenvalue weighted by molar-refractivity contribution is 0.505. The summed E-state index contributed by atoms with van der Waals surface area (Å²) >= 11 is 1.99. The minimum absolute atomic E-state index is 0.139. The first kappa shape index (κ1) is 13.7. The van der Waals surface area contributed by atoms with Gasteiger partial charge in [-0.25, -0.2) is 4.39 Å². The van der Waals surface area contributed by atoms with Gasteiger partial charge in [0.25, 0.3) is 0 Å². The van der Waals surface area contributed by atoms with E-state index in [1.54, 1.807) is 0 Å². The number of benzene rings is 2. The van der Waals surface area contributed by atoms with Gasteiger partial charge in [-0.05, 0) is 35.4 Å². The van der Waals surface area contributed by atoms with Crippen LogP contribution in [0.3, 0.4) is 0 Å². The van der Waals surface area contributed by atoms with Gasteiger partial charge in [-0.3, -0.25) is 0 Å². The van der Waals surface area contributed by atoms with Crippen molar-refractivity contribution < 1.29 is 4.39 Å². The zero-order valence-corrected chi connectivity index (χ0v) is 12.1. The van der Waals surface area contributed by atoms with E-state index in [9.17, 15) is 4.39 Å². The van der Waals surface area contributed by atoms with E-state index in [4.69, 9.17) is 0 Å². The summed E-state index contributed by atoms with van der Waals surface area (Å²) in [7, 11) is 0. The van der Waals surface area contributed by atoms with Crippen molar-refractivity contribution >= 4 is 11.8 Å². The lowest BCUT2D eigenvalue weighted by Gasteiger charge is -2.23. The van der Waals surface area contributed by atoms with Crippen LogP contribution in [0.5, 0.6) is 0 Å². The molecule has 1 fully saturated rings. The maximum Gasteiger partial charge on any atom is 0.123 e. The molecule has 1 N–H and O–H groups in total. The maximum atomic E-state index is 13.1. The van der Waals surface area contributed by atoms with Crippen LogP contribution in [0.2, 0.25) is 0 Å². The Labute approximate surface area is 123 Å². The zero-order chi connectivity index (χ0) is 13.8. The van der Waals surface area contributed by atoms with Crippen LogP contribution in [0.1, 0.15) is 23.6 Å². The topological polar surface area (TPSA) is 12.0 Å². The van der Waals surface area contributed by atoms with Crippen LogP contribution >= 0.6 is 11.8 Å². The van der Waals surface area contributed by atoms with E-state index in [1.165, 1.54) is 29.9 Å². The standard InChI is InChI=1S/C17H18FNS/c18-15-8-6-14(7-9-15)17(13-4-2-1-3-5-13)19-16-10-11-20-12-16/h1-9,16-17,19H,10-12H2. The Kier molecular flexibility index (Phi) is 4.38. The number of hydrogen-bond acceptors (Lipinski definition) is 2. The Morgan fingerprint density at radius 3 is 2.35 bits per heavy atom. The first-order valence-corrected chi connectivity index (χ1v) is 8.12. The van der Waals surface area contributed by atoms with Crippen LogP contribution in [-0.2, 0) is 0 Å². The first-order chi connectivity index (χ1) is 9.83. The number of nitrogens with one attached hydrogen (secondary N) is 1. The van der Waals surface area contributed by atoms with Gasteiger partial charge in [0.15, 0.2) is 0 Å². The SMILES string of the molecule is Fc1ccc(C(NC2CCSC2)c2ccccc2)cc1. The molecule has 0 radical (unpaired) electrons. The number of thioether (sulfide) groups is 1. The number of halogens is 1. The second-order valence-corrected chi connectivity index (χ2v) is 6.27. The summed E-state index contributed by atoms with van der Waals surface area (Å²) in [4.78, 5) is 0. The van der Waals surface area contributed by atoms with E-state index in [-0.39, 0.29) is 11.9 Å². The van der Waals surface area contributed by atoms with Gasteiger partial charge in [-0.1, -0.05) is 42.5 Å². The molecule has 1 saturated heterocycles. The number of rotatable bonds is 4. The monoisotopic (exact) mass is 287 g/mol. The van der Waals surface area contributed by atoms with Gasteiger partial charge >= 0.3 is 0 Å². The van der Waals surface area contributed by atoms with E-state index in [0.29, 0.717) is 6.04 Å². The molecule has 1 nitrogen and oxygen atoms in total. The molecule has 2 unspecified atom stereocenters. The maximum absolute atomic E-state index is 13.1. The lowest BCUT2D eigenvalue weighted by atomic mass is 9.97. The average Bonchev–Trinajstić information content (AvgIpc) is 3.00. The highest BCUT2D eigenvalue weighted by Gasteiger charge is 2.21. The van der Waals surface area contributed by atoms with Gasteiger partial charge in [0, 0.05) is 11.8 Å². The molecule has 104 valence electrons. The molecule has 20 heavy (non-hydrogen) atoms. The second-order valence-electron chi connectivity index (χ2n) is 5.12. The van der Waals surface area contributed by atoms with Crippen molar-refractivity contribution in [3.05, 3.63) is 71.5 Å². The third kappa shape index (κ3) is 3.22. The summed E-state index contributed by atoms with van der Waals surface area (Å²) in [6, 6.07) is 17.9. The Morgan fingerprint density at radius 1 is 1.00 bits per heavy atom. The molecule has 3 heteroatoms. The molecule has 1 aliphatic heterocycles. The van der Waals surface area contributed by atoms with Crippen LogP contribution in [0.4, 0.5) is 4.39 Å². The van der Waals surface area contributed by atoms with E-state index >= 15 is 0 Å². The molecule has 0 bridgehead atoms. The van der Waals surface area contributed by atoms with E-state index in [1.807, 2.05) is 30.0 Å². The molecule has 2 aromatic carbocycles. The molecule has 0 amide bonds. The Morgan fingerprint density at radius 2 is 1.70 bits per heavy atom. The summed E-state index contributed by atoms with van der Waals surface area (Å²) in [5.41, 5.74) is 2.35. The summed E-state index contributed by atoms with van der Waals surface area (Å²) in [6.07, 6.45) is 1.20. The van der Waals surface area contributed by atoms with Crippen molar-refractivity contribution in [3.63, 3.8) is 0 Å². The lowest BCUT2D eigenvalue weighted by Crippen LogP contribution is -2.33. The third-order valence-corrected chi connectivity index (χ3v) is 4.83. The minimum atomic E-state index is -0.183. The Hall–Kier alpha value is -1.32. The van der Waals surface area contributed by atoms with Crippen LogP contribution < -0.4 is 5.32 Å². The predicted molar refractivity (Wildman–Crippen MR) is 83.6 cm³/mol. The van der Waals surface area contributed by atoms with E-state index in [0.717, 1.165) is 11.3 Å². The van der Waals surface area contributed by atoms with E-state index < -0.39 is 0 Å². The van der Waals surface area contributed by atoms with E-state index in [2.05, 4.69) is 29.6 Å². The quantitative estimate of drug-likeness (QED) is 0.912. The molecule has 0 aromatic heterocycles. The van der Waals surface area contributed by atoms with Crippen molar-refractivity contribution in [1.29, 1.82) is 0 Å². The normalized spacial score (nSPS) is 19.9. The second kappa shape index (κ2) is 6.42. The fourth-order valence-electron chi connectivity index (χ4n) is 2.59. The summed E-state index contributed by atoms with van der Waals surface area (Å²) < 4.78 is 13.1. The molecule has 1 aliphatic rings. The Bertz CT molecular complexity index is 535. The van der Waals surface area contributed by atoms with Gasteiger partial charge in [0.05, 0.1) is 6.04 Å². The molecule has 1 heterocycles. The highest BCUT2D eigenvalue weighted by Crippen LogP contribution is 2.26. The van der Waals surface area contributed by atoms with Gasteiger partial charge in [-0.2, -0.15) is 11.8 Å². The van der Waals surface area contributed by atoms with Crippen LogP contribution in [0.25, 0.3) is 0 Å². The van der Waals surface area contributed by atoms with Gasteiger partial charge in [0.2, 0.25) is 0 Å². The fourth-order valence-corrected chi connectivity index (χ4v) is 3.75. The smallest absolute Gasteiger partial charge is 0.123 e. The molecule has 3 rings (SSSR count). The number of hydrogen-bond donors (Lipinski definition) is 1. The van der Waals surface area contributed by atoms with Gasteiger partial charge in [0.1, 0.15) is 5.82 Å². The molecule has 0 saturated carbocycles. The largest absolute Gasteiger partial charge is 0.303 e. The molecule has 2 aromatic rings. The molecular formula is C17H18FNS. The van der Waals surface area contributed by atoms with Crippen LogP contribution in [0, 0.1) is 5.82 Å². The summed E-state index contributed by atoms with van der Waals surface area (Å²) in [5, 5.41) is 3.72. The van der Waals surface area contributed by atoms with Gasteiger partial charge in [-0.15, -0.1) is 0 Å². The molecule has 0 aliphatic carbocycles. The van der Waals surface area contributed by atoms with Crippen molar-refractivity contribution in [2.45, 2.75) is 18.5 Å². The fraction of sp³-hybridized carbons (Fsp3) is 0.294. The summed E-state index contributed by atoms with van der Waals surface area (Å²) in [6.45, 7) is 0. The highest BCUT2D eigenvalue weighted by atomic mass is 32.2. The van der Waals surface area contributed by atoms with Crippen LogP contribution in [0.15, 0.2) is 54.6 Å². The summed E-state index contributed by atoms with van der Waals surface area (Å²) in [5.74, 6) is 2.20. The Balaban J connectivity index is 1.88. The molecule has 2 atom stereocenters. The van der Waals surface area contributed by atoms with Crippen LogP contribution in [-0.4, -0.2) is 17.5 Å². The molecule has 0 spiro atoms. The first-order valence-electron chi connectivity index (χ1n) is 6.97. The van der Waals surface area contributed by atoms with Crippen molar-refractivity contribution in [2.24, 2.45) is 0 Å².